The molecule has 1 atom stereocenters. The topological polar surface area (TPSA) is 82.0 Å². The minimum Gasteiger partial charge on any atom is -0.543 e. The van der Waals surface area contributed by atoms with Gasteiger partial charge in [0, 0.05) is 6.42 Å². The zero-order valence-electron chi connectivity index (χ0n) is 8.02. The molecule has 0 saturated heterocycles. The number of carboxylic acid groups (broad SMARTS) is 1. The van der Waals surface area contributed by atoms with Gasteiger partial charge in [-0.1, -0.05) is 0 Å². The number of rotatable bonds is 2. The molecule has 0 aromatic rings. The molecular formula is C8H11N2O4-. The second-order valence-corrected chi connectivity index (χ2v) is 2.93. The van der Waals surface area contributed by atoms with Crippen molar-refractivity contribution in [2.24, 2.45) is 5.10 Å². The fraction of sp³-hybridized carbons (Fsp3) is 0.625. The van der Waals surface area contributed by atoms with E-state index in [0.29, 0.717) is 0 Å². The van der Waals surface area contributed by atoms with Crippen molar-refractivity contribution in [3.8, 4) is 0 Å². The van der Waals surface area contributed by atoms with E-state index < -0.39 is 12.1 Å². The summed E-state index contributed by atoms with van der Waals surface area (Å²) >= 11 is 0. The number of carbonyl (C=O) groups excluding carboxylic acids is 2. The van der Waals surface area contributed by atoms with Gasteiger partial charge in [0.1, 0.15) is 0 Å². The molecule has 0 saturated carbocycles. The van der Waals surface area contributed by atoms with Crippen LogP contribution in [0.25, 0.3) is 0 Å². The molecule has 0 spiro atoms. The SMILES string of the molecule is CCOC(=O)N1N=C(C(=O)[O-])CC1C. The quantitative estimate of drug-likeness (QED) is 0.591. The monoisotopic (exact) mass is 199 g/mol. The van der Waals surface area contributed by atoms with E-state index in [1.807, 2.05) is 0 Å². The van der Waals surface area contributed by atoms with Crippen LogP contribution < -0.4 is 5.11 Å². The van der Waals surface area contributed by atoms with Crippen LogP contribution in [0.2, 0.25) is 0 Å². The predicted molar refractivity (Wildman–Crippen MR) is 45.4 cm³/mol. The van der Waals surface area contributed by atoms with Gasteiger partial charge in [-0.3, -0.25) is 0 Å². The molecule has 14 heavy (non-hydrogen) atoms. The first kappa shape index (κ1) is 10.5. The Morgan fingerprint density at radius 2 is 2.36 bits per heavy atom. The smallest absolute Gasteiger partial charge is 0.430 e. The molecular weight excluding hydrogens is 188 g/mol. The molecule has 0 N–H and O–H groups in total. The summed E-state index contributed by atoms with van der Waals surface area (Å²) in [7, 11) is 0. The molecule has 0 aromatic heterocycles. The van der Waals surface area contributed by atoms with Crippen molar-refractivity contribution in [3.63, 3.8) is 0 Å². The van der Waals surface area contributed by atoms with Crippen LogP contribution in [0.5, 0.6) is 0 Å². The number of nitrogens with zero attached hydrogens (tertiary/aromatic N) is 2. The summed E-state index contributed by atoms with van der Waals surface area (Å²) in [6, 6.07) is -0.290. The van der Waals surface area contributed by atoms with E-state index in [4.69, 9.17) is 4.74 Å². The van der Waals surface area contributed by atoms with Gasteiger partial charge in [-0.2, -0.15) is 10.1 Å². The summed E-state index contributed by atoms with van der Waals surface area (Å²) in [5.41, 5.74) is -0.120. The van der Waals surface area contributed by atoms with Gasteiger partial charge >= 0.3 is 6.09 Å². The van der Waals surface area contributed by atoms with Gasteiger partial charge < -0.3 is 14.6 Å². The molecule has 0 aromatic carbocycles. The molecule has 0 aliphatic carbocycles. The third-order valence-corrected chi connectivity index (χ3v) is 1.83. The van der Waals surface area contributed by atoms with E-state index in [-0.39, 0.29) is 24.8 Å². The van der Waals surface area contributed by atoms with E-state index in [9.17, 15) is 14.7 Å². The minimum atomic E-state index is -1.34. The summed E-state index contributed by atoms with van der Waals surface area (Å²) in [4.78, 5) is 21.7. The van der Waals surface area contributed by atoms with Crippen molar-refractivity contribution >= 4 is 17.8 Å². The first-order valence-electron chi connectivity index (χ1n) is 4.31. The fourth-order valence-corrected chi connectivity index (χ4v) is 1.17. The predicted octanol–water partition coefficient (Wildman–Crippen LogP) is -0.657. The van der Waals surface area contributed by atoms with E-state index >= 15 is 0 Å². The first-order chi connectivity index (χ1) is 6.56. The zero-order chi connectivity index (χ0) is 10.7. The van der Waals surface area contributed by atoms with Crippen LogP contribution >= 0.6 is 0 Å². The molecule has 1 amide bonds. The van der Waals surface area contributed by atoms with Crippen LogP contribution in [0.1, 0.15) is 20.3 Å². The van der Waals surface area contributed by atoms with Gasteiger partial charge in [0.05, 0.1) is 24.3 Å². The van der Waals surface area contributed by atoms with Crippen LogP contribution in [-0.2, 0) is 9.53 Å². The lowest BCUT2D eigenvalue weighted by Gasteiger charge is -2.16. The number of hydrogen-bond donors (Lipinski definition) is 0. The average Bonchev–Trinajstić information content (AvgIpc) is 2.48. The molecule has 1 aliphatic heterocycles. The van der Waals surface area contributed by atoms with Crippen molar-refractivity contribution < 1.29 is 19.4 Å². The van der Waals surface area contributed by atoms with Crippen molar-refractivity contribution in [2.75, 3.05) is 6.61 Å². The Hall–Kier alpha value is -1.59. The van der Waals surface area contributed by atoms with Gasteiger partial charge in [0.15, 0.2) is 0 Å². The number of carboxylic acids is 1. The van der Waals surface area contributed by atoms with Crippen molar-refractivity contribution in [2.45, 2.75) is 26.3 Å². The maximum atomic E-state index is 11.2. The second kappa shape index (κ2) is 4.08. The van der Waals surface area contributed by atoms with E-state index in [0.717, 1.165) is 5.01 Å². The number of amides is 1. The Morgan fingerprint density at radius 1 is 1.71 bits per heavy atom. The number of hydrogen-bond acceptors (Lipinski definition) is 5. The Kier molecular flexibility index (Phi) is 3.06. The van der Waals surface area contributed by atoms with Crippen molar-refractivity contribution in [3.05, 3.63) is 0 Å². The van der Waals surface area contributed by atoms with Crippen molar-refractivity contribution in [1.82, 2.24) is 5.01 Å². The van der Waals surface area contributed by atoms with E-state index in [1.54, 1.807) is 13.8 Å². The highest BCUT2D eigenvalue weighted by molar-refractivity contribution is 6.35. The van der Waals surface area contributed by atoms with Crippen LogP contribution in [-0.4, -0.2) is 35.4 Å². The number of hydrazone groups is 1. The summed E-state index contributed by atoms with van der Waals surface area (Å²) in [5.74, 6) is -1.34. The summed E-state index contributed by atoms with van der Waals surface area (Å²) in [6.07, 6.45) is -0.433. The number of ether oxygens (including phenoxy) is 1. The van der Waals surface area contributed by atoms with Crippen LogP contribution in [0.4, 0.5) is 4.79 Å². The molecule has 1 rings (SSSR count). The summed E-state index contributed by atoms with van der Waals surface area (Å²) in [6.45, 7) is 3.59. The first-order valence-corrected chi connectivity index (χ1v) is 4.31. The highest BCUT2D eigenvalue weighted by Gasteiger charge is 2.29. The van der Waals surface area contributed by atoms with Crippen molar-refractivity contribution in [1.29, 1.82) is 0 Å². The third-order valence-electron chi connectivity index (χ3n) is 1.83. The normalized spacial score (nSPS) is 20.6. The maximum absolute atomic E-state index is 11.2. The molecule has 6 heteroatoms. The standard InChI is InChI=1S/C8H12N2O4/c1-3-14-8(13)10-5(2)4-6(9-10)7(11)12/h5H,3-4H2,1-2H3,(H,11,12)/p-1. The Balaban J connectivity index is 2.71. The molecule has 1 aliphatic rings. The summed E-state index contributed by atoms with van der Waals surface area (Å²) < 4.78 is 4.69. The van der Waals surface area contributed by atoms with Gasteiger partial charge in [-0.05, 0) is 13.8 Å². The minimum absolute atomic E-state index is 0.120. The van der Waals surface area contributed by atoms with Gasteiger partial charge in [0.25, 0.3) is 0 Å². The molecule has 0 fully saturated rings. The molecule has 0 radical (unpaired) electrons. The maximum Gasteiger partial charge on any atom is 0.430 e. The van der Waals surface area contributed by atoms with E-state index in [2.05, 4.69) is 5.10 Å². The molecule has 0 bridgehead atoms. The highest BCUT2D eigenvalue weighted by atomic mass is 16.6. The summed E-state index contributed by atoms with van der Waals surface area (Å²) in [5, 5.41) is 15.1. The Morgan fingerprint density at radius 3 is 2.79 bits per heavy atom. The fourth-order valence-electron chi connectivity index (χ4n) is 1.17. The lowest BCUT2D eigenvalue weighted by molar-refractivity contribution is -0.294. The molecule has 1 unspecified atom stereocenters. The van der Waals surface area contributed by atoms with Crippen LogP contribution in [0.15, 0.2) is 5.10 Å². The van der Waals surface area contributed by atoms with Gasteiger partial charge in [0.2, 0.25) is 0 Å². The Bertz CT molecular complexity index is 287. The molecule has 78 valence electrons. The third kappa shape index (κ3) is 2.01. The van der Waals surface area contributed by atoms with Crippen LogP contribution in [0, 0.1) is 0 Å². The molecule has 1 heterocycles. The van der Waals surface area contributed by atoms with E-state index in [1.165, 1.54) is 0 Å². The van der Waals surface area contributed by atoms with Gasteiger partial charge in [-0.25, -0.2) is 4.79 Å². The number of aliphatic carboxylic acids is 1. The second-order valence-electron chi connectivity index (χ2n) is 2.93. The zero-order valence-corrected chi connectivity index (χ0v) is 8.02. The van der Waals surface area contributed by atoms with Crippen LogP contribution in [0.3, 0.4) is 0 Å². The largest absolute Gasteiger partial charge is 0.543 e. The molecule has 6 nitrogen and oxygen atoms in total. The number of carbonyl (C=O) groups is 2. The lowest BCUT2D eigenvalue weighted by atomic mass is 10.2. The Labute approximate surface area is 81.1 Å². The van der Waals surface area contributed by atoms with Gasteiger partial charge in [-0.15, -0.1) is 0 Å². The average molecular weight is 199 g/mol. The highest BCUT2D eigenvalue weighted by Crippen LogP contribution is 2.15. The lowest BCUT2D eigenvalue weighted by Crippen LogP contribution is -2.31.